The Hall–Kier alpha value is -6.03. The van der Waals surface area contributed by atoms with E-state index < -0.39 is 0 Å². The number of aryl methyl sites for hydroxylation is 2. The number of nitrogens with zero attached hydrogens (tertiary/aromatic N) is 1. The number of fused-ring (bicyclic) bond motifs is 2. The molecule has 9 heteroatoms. The van der Waals surface area contributed by atoms with Crippen molar-refractivity contribution in [2.45, 2.75) is 152 Å². The molecule has 0 spiro atoms. The van der Waals surface area contributed by atoms with Gasteiger partial charge in [0.05, 0.1) is 29.6 Å². The van der Waals surface area contributed by atoms with Crippen LogP contribution in [0.1, 0.15) is 144 Å². The first-order valence-electron chi connectivity index (χ1n) is 28.7. The number of benzene rings is 6. The van der Waals surface area contributed by atoms with Crippen LogP contribution in [-0.4, -0.2) is 61.5 Å². The van der Waals surface area contributed by atoms with Crippen LogP contribution in [0.15, 0.2) is 121 Å². The van der Waals surface area contributed by atoms with E-state index >= 15 is 0 Å². The fourth-order valence-electron chi connectivity index (χ4n) is 12.0. The molecule has 6 aromatic carbocycles. The fraction of sp³-hybridized carbons (Fsp3) is 0.485. The summed E-state index contributed by atoms with van der Waals surface area (Å²) in [7, 11) is 0. The van der Waals surface area contributed by atoms with Gasteiger partial charge in [0.15, 0.2) is 6.29 Å². The number of nitrogens with one attached hydrogen (secondary N) is 1. The van der Waals surface area contributed by atoms with E-state index in [2.05, 4.69) is 102 Å². The van der Waals surface area contributed by atoms with Crippen molar-refractivity contribution >= 4 is 39.8 Å². The van der Waals surface area contributed by atoms with Crippen molar-refractivity contribution in [3.63, 3.8) is 0 Å². The van der Waals surface area contributed by atoms with Gasteiger partial charge in [-0.3, -0.25) is 19.3 Å². The third kappa shape index (κ3) is 15.6. The minimum Gasteiger partial charge on any atom is -0.490 e. The Morgan fingerprint density at radius 1 is 0.558 bits per heavy atom. The van der Waals surface area contributed by atoms with Crippen LogP contribution in [0.5, 0.6) is 11.5 Å². The molecular formula is C68H86N2O7. The average Bonchev–Trinajstić information content (AvgIpc) is 4.17. The molecule has 9 nitrogen and oxygen atoms in total. The van der Waals surface area contributed by atoms with Crippen molar-refractivity contribution in [3.05, 3.63) is 155 Å². The molecule has 0 bridgehead atoms. The second-order valence-corrected chi connectivity index (χ2v) is 24.5. The number of esters is 2. The lowest BCUT2D eigenvalue weighted by Crippen LogP contribution is -2.31. The largest absolute Gasteiger partial charge is 0.490 e. The zero-order chi connectivity index (χ0) is 54.5. The topological polar surface area (TPSA) is 103 Å². The summed E-state index contributed by atoms with van der Waals surface area (Å²) in [5.74, 6) is 3.11. The van der Waals surface area contributed by atoms with Crippen molar-refractivity contribution < 1.29 is 33.3 Å². The van der Waals surface area contributed by atoms with Crippen LogP contribution in [0.2, 0.25) is 0 Å². The first-order chi connectivity index (χ1) is 37.0. The molecule has 2 saturated carbocycles. The monoisotopic (exact) mass is 1040 g/mol. The maximum absolute atomic E-state index is 12.8. The van der Waals surface area contributed by atoms with Crippen molar-refractivity contribution in [2.24, 2.45) is 34.5 Å². The van der Waals surface area contributed by atoms with Crippen LogP contribution in [0, 0.1) is 48.3 Å². The van der Waals surface area contributed by atoms with Crippen molar-refractivity contribution in [1.82, 2.24) is 10.2 Å². The van der Waals surface area contributed by atoms with Crippen LogP contribution in [-0.2, 0) is 38.8 Å². The molecule has 4 fully saturated rings. The SMILES string of the molecule is Cc1cc(OC2CCC(C(C)(C)C)CC2)c(C=O)c2ccccc12.Cc1cc(OC2CCC(C(C)(C)C)CC2)c(CN2CC[C@H](C(=O)OCc3ccccc3)C2)c2ccccc12.O=C(OCc1ccccc1)[C@H]1CCNC1. The van der Waals surface area contributed by atoms with E-state index in [4.69, 9.17) is 18.9 Å². The number of aldehydes is 1. The molecule has 6 aromatic rings. The first-order valence-corrected chi connectivity index (χ1v) is 28.7. The van der Waals surface area contributed by atoms with E-state index in [0.717, 1.165) is 128 Å². The summed E-state index contributed by atoms with van der Waals surface area (Å²) in [5, 5.41) is 7.82. The Kier molecular flexibility index (Phi) is 19.7. The molecule has 77 heavy (non-hydrogen) atoms. The molecule has 0 amide bonds. The Balaban J connectivity index is 0.000000170. The van der Waals surface area contributed by atoms with Crippen LogP contribution in [0.25, 0.3) is 21.5 Å². The number of likely N-dealkylation sites (tertiary alicyclic amines) is 1. The number of carbonyl (C=O) groups is 3. The minimum atomic E-state index is -0.0859. The molecule has 2 aliphatic carbocycles. The molecule has 0 unspecified atom stereocenters. The van der Waals surface area contributed by atoms with Gasteiger partial charge in [0.1, 0.15) is 24.7 Å². The van der Waals surface area contributed by atoms with E-state index in [9.17, 15) is 14.4 Å². The molecule has 1 N–H and O–H groups in total. The molecule has 10 rings (SSSR count). The quantitative estimate of drug-likeness (QED) is 0.0895. The smallest absolute Gasteiger partial charge is 0.310 e. The van der Waals surface area contributed by atoms with Gasteiger partial charge in [-0.2, -0.15) is 0 Å². The summed E-state index contributed by atoms with van der Waals surface area (Å²) < 4.78 is 24.0. The fourth-order valence-corrected chi connectivity index (χ4v) is 12.0. The van der Waals surface area contributed by atoms with Crippen LogP contribution >= 0.6 is 0 Å². The third-order valence-corrected chi connectivity index (χ3v) is 16.9. The molecule has 0 radical (unpaired) electrons. The lowest BCUT2D eigenvalue weighted by Gasteiger charge is -2.37. The van der Waals surface area contributed by atoms with Gasteiger partial charge >= 0.3 is 11.9 Å². The molecule has 410 valence electrons. The van der Waals surface area contributed by atoms with E-state index in [1.165, 1.54) is 47.6 Å². The predicted octanol–water partition coefficient (Wildman–Crippen LogP) is 15.0. The van der Waals surface area contributed by atoms with Crippen molar-refractivity contribution in [1.29, 1.82) is 0 Å². The van der Waals surface area contributed by atoms with Crippen LogP contribution in [0.3, 0.4) is 0 Å². The summed E-state index contributed by atoms with van der Waals surface area (Å²) in [6.07, 6.45) is 12.4. The van der Waals surface area contributed by atoms with Gasteiger partial charge in [0.25, 0.3) is 0 Å². The second-order valence-electron chi connectivity index (χ2n) is 24.5. The lowest BCUT2D eigenvalue weighted by molar-refractivity contribution is -0.150. The lowest BCUT2D eigenvalue weighted by atomic mass is 9.72. The molecule has 2 heterocycles. The van der Waals surface area contributed by atoms with Gasteiger partial charge in [-0.25, -0.2) is 0 Å². The summed E-state index contributed by atoms with van der Waals surface area (Å²) in [5.41, 5.74) is 7.16. The van der Waals surface area contributed by atoms with E-state index in [0.29, 0.717) is 29.6 Å². The molecule has 0 aromatic heterocycles. The van der Waals surface area contributed by atoms with Gasteiger partial charge in [-0.15, -0.1) is 0 Å². The standard InChI is InChI=1S/C34H43NO3.C22H28O2.C12H15NO2/c1-24-20-32(38-28-16-14-27(15-17-28)34(2,3)4)31(30-13-9-8-12-29(24)30)22-35-19-18-26(21-35)33(36)37-23-25-10-6-5-7-11-25;1-15-13-21(20(14-23)19-8-6-5-7-18(15)19)24-17-11-9-16(10-12-17)22(2,3)4;14-12(11-6-7-13-8-11)15-9-10-4-2-1-3-5-10/h5-13,20,26-28H,14-19,21-23H2,1-4H3;5-8,13-14,16-17H,9-12H2,1-4H3;1-5,11,13H,6-9H2/t26-,27?,28?;;11-/m0.0/s1. The van der Waals surface area contributed by atoms with Crippen molar-refractivity contribution in [3.8, 4) is 11.5 Å². The van der Waals surface area contributed by atoms with E-state index in [-0.39, 0.29) is 36.0 Å². The highest BCUT2D eigenvalue weighted by Crippen LogP contribution is 2.42. The predicted molar refractivity (Wildman–Crippen MR) is 311 cm³/mol. The Labute approximate surface area is 459 Å². The zero-order valence-corrected chi connectivity index (χ0v) is 47.4. The highest BCUT2D eigenvalue weighted by molar-refractivity contribution is 6.02. The van der Waals surface area contributed by atoms with Crippen molar-refractivity contribution in [2.75, 3.05) is 26.2 Å². The van der Waals surface area contributed by atoms with Crippen LogP contribution in [0.4, 0.5) is 0 Å². The first kappa shape index (κ1) is 57.2. The highest BCUT2D eigenvalue weighted by atomic mass is 16.5. The second kappa shape index (κ2) is 26.5. The molecule has 4 aliphatic rings. The van der Waals surface area contributed by atoms with Crippen LogP contribution < -0.4 is 14.8 Å². The van der Waals surface area contributed by atoms with Gasteiger partial charge in [-0.1, -0.05) is 151 Å². The number of rotatable bonds is 13. The minimum absolute atomic E-state index is 0.0497. The number of hydrogen-bond acceptors (Lipinski definition) is 9. The number of carbonyl (C=O) groups excluding carboxylic acids is 3. The number of hydrogen-bond donors (Lipinski definition) is 1. The summed E-state index contributed by atoms with van der Waals surface area (Å²) in [4.78, 5) is 38.5. The Morgan fingerprint density at radius 2 is 1.01 bits per heavy atom. The maximum atomic E-state index is 12.8. The van der Waals surface area contributed by atoms with Gasteiger partial charge in [-0.05, 0) is 170 Å². The van der Waals surface area contributed by atoms with Gasteiger partial charge in [0.2, 0.25) is 0 Å². The van der Waals surface area contributed by atoms with Gasteiger partial charge < -0.3 is 24.3 Å². The summed E-state index contributed by atoms with van der Waals surface area (Å²) in [6.45, 7) is 23.2. The molecule has 2 atom stereocenters. The van der Waals surface area contributed by atoms with E-state index in [1.54, 1.807) is 0 Å². The zero-order valence-electron chi connectivity index (χ0n) is 47.4. The molecule has 2 saturated heterocycles. The molecule has 2 aliphatic heterocycles. The van der Waals surface area contributed by atoms with Gasteiger partial charge in [0, 0.05) is 25.2 Å². The number of ether oxygens (including phenoxy) is 4. The average molecular weight is 1040 g/mol. The third-order valence-electron chi connectivity index (χ3n) is 16.9. The maximum Gasteiger partial charge on any atom is 0.310 e. The normalized spacial score (nSPS) is 21.8. The summed E-state index contributed by atoms with van der Waals surface area (Å²) >= 11 is 0. The Bertz CT molecular complexity index is 2860. The van der Waals surface area contributed by atoms with E-state index in [1.807, 2.05) is 84.9 Å². The highest BCUT2D eigenvalue weighted by Gasteiger charge is 2.34. The summed E-state index contributed by atoms with van der Waals surface area (Å²) in [6, 6.07) is 40.7. The molecular weight excluding hydrogens is 957 g/mol. The Morgan fingerprint density at radius 3 is 1.51 bits per heavy atom.